The quantitative estimate of drug-likeness (QED) is 0.875. The van der Waals surface area contributed by atoms with E-state index < -0.39 is 0 Å². The molecule has 3 N–H and O–H groups in total. The molecule has 1 atom stereocenters. The van der Waals surface area contributed by atoms with Crippen LogP contribution in [0.1, 0.15) is 6.92 Å². The van der Waals surface area contributed by atoms with Gasteiger partial charge in [-0.25, -0.2) is 4.98 Å². The van der Waals surface area contributed by atoms with E-state index in [4.69, 9.17) is 5.73 Å². The normalized spacial score (nSPS) is 12.2. The molecular weight excluding hydrogens is 240 g/mol. The Morgan fingerprint density at radius 3 is 2.95 bits per heavy atom. The highest BCUT2D eigenvalue weighted by Gasteiger charge is 2.11. The minimum Gasteiger partial charge on any atom is -0.334 e. The fraction of sp³-hybridized carbons (Fsp3) is 0.286. The van der Waals surface area contributed by atoms with E-state index >= 15 is 0 Å². The fourth-order valence-corrected chi connectivity index (χ4v) is 1.75. The Hall–Kier alpha value is -2.14. The fourth-order valence-electron chi connectivity index (χ4n) is 1.75. The van der Waals surface area contributed by atoms with E-state index in [0.717, 1.165) is 17.1 Å². The first-order chi connectivity index (χ1) is 9.11. The summed E-state index contributed by atoms with van der Waals surface area (Å²) in [6.45, 7) is 2.14. The molecule has 1 aromatic heterocycles. The van der Waals surface area contributed by atoms with Crippen LogP contribution in [-0.4, -0.2) is 22.0 Å². The summed E-state index contributed by atoms with van der Waals surface area (Å²) < 4.78 is 1.93. The third-order valence-electron chi connectivity index (χ3n) is 3.01. The monoisotopic (exact) mass is 258 g/mol. The van der Waals surface area contributed by atoms with Gasteiger partial charge < -0.3 is 15.6 Å². The summed E-state index contributed by atoms with van der Waals surface area (Å²) in [5, 5.41) is 2.86. The molecule has 0 aliphatic heterocycles. The number of hydrogen-bond acceptors (Lipinski definition) is 3. The van der Waals surface area contributed by atoms with Crippen molar-refractivity contribution in [3.63, 3.8) is 0 Å². The number of aromatic nitrogens is 2. The van der Waals surface area contributed by atoms with Crippen molar-refractivity contribution in [2.24, 2.45) is 18.7 Å². The molecule has 1 aromatic carbocycles. The van der Waals surface area contributed by atoms with Gasteiger partial charge in [0.1, 0.15) is 5.82 Å². The highest BCUT2D eigenvalue weighted by Crippen LogP contribution is 2.20. The summed E-state index contributed by atoms with van der Waals surface area (Å²) in [5.74, 6) is 0.597. The number of anilines is 1. The molecular formula is C14H18N4O. The van der Waals surface area contributed by atoms with Crippen LogP contribution in [0, 0.1) is 5.92 Å². The summed E-state index contributed by atoms with van der Waals surface area (Å²) in [5.41, 5.74) is 7.20. The zero-order valence-corrected chi connectivity index (χ0v) is 11.1. The van der Waals surface area contributed by atoms with Gasteiger partial charge in [0.05, 0.1) is 0 Å². The van der Waals surface area contributed by atoms with E-state index in [1.54, 1.807) is 13.1 Å². The predicted octanol–water partition coefficient (Wildman–Crippen LogP) is 1.62. The molecule has 0 spiro atoms. The Labute approximate surface area is 112 Å². The van der Waals surface area contributed by atoms with E-state index in [1.165, 1.54) is 0 Å². The minimum atomic E-state index is -0.197. The van der Waals surface area contributed by atoms with Gasteiger partial charge in [0.2, 0.25) is 5.91 Å². The zero-order valence-electron chi connectivity index (χ0n) is 11.1. The first-order valence-corrected chi connectivity index (χ1v) is 6.20. The number of rotatable bonds is 4. The van der Waals surface area contributed by atoms with Gasteiger partial charge in [-0.15, -0.1) is 0 Å². The molecule has 2 rings (SSSR count). The van der Waals surface area contributed by atoms with Crippen LogP contribution in [0.15, 0.2) is 36.7 Å². The van der Waals surface area contributed by atoms with Crippen molar-refractivity contribution in [3.8, 4) is 11.4 Å². The average molecular weight is 258 g/mol. The van der Waals surface area contributed by atoms with Gasteiger partial charge in [-0.3, -0.25) is 4.79 Å². The number of carbonyl (C=O) groups excluding carboxylic acids is 1. The number of amides is 1. The molecule has 5 heteroatoms. The molecule has 0 saturated carbocycles. The second kappa shape index (κ2) is 5.67. The van der Waals surface area contributed by atoms with Crippen molar-refractivity contribution in [1.29, 1.82) is 0 Å². The van der Waals surface area contributed by atoms with E-state index in [0.29, 0.717) is 6.54 Å². The molecule has 1 unspecified atom stereocenters. The second-order valence-corrected chi connectivity index (χ2v) is 4.57. The number of carbonyl (C=O) groups is 1. The number of nitrogens with zero attached hydrogens (tertiary/aromatic N) is 2. The van der Waals surface area contributed by atoms with Gasteiger partial charge in [-0.1, -0.05) is 19.1 Å². The number of imidazole rings is 1. The Morgan fingerprint density at radius 1 is 1.53 bits per heavy atom. The molecule has 100 valence electrons. The van der Waals surface area contributed by atoms with Crippen LogP contribution < -0.4 is 11.1 Å². The summed E-state index contributed by atoms with van der Waals surface area (Å²) in [6.07, 6.45) is 3.63. The highest BCUT2D eigenvalue weighted by molar-refractivity contribution is 5.93. The topological polar surface area (TPSA) is 72.9 Å². The maximum Gasteiger partial charge on any atom is 0.228 e. The number of hydrogen-bond donors (Lipinski definition) is 2. The van der Waals surface area contributed by atoms with Crippen LogP contribution in [0.2, 0.25) is 0 Å². The van der Waals surface area contributed by atoms with Gasteiger partial charge in [0, 0.05) is 43.2 Å². The lowest BCUT2D eigenvalue weighted by Crippen LogP contribution is -2.26. The van der Waals surface area contributed by atoms with Gasteiger partial charge in [0.15, 0.2) is 0 Å². The summed E-state index contributed by atoms with van der Waals surface area (Å²) >= 11 is 0. The molecule has 0 aliphatic carbocycles. The molecule has 2 aromatic rings. The zero-order chi connectivity index (χ0) is 13.8. The van der Waals surface area contributed by atoms with E-state index in [2.05, 4.69) is 10.3 Å². The summed E-state index contributed by atoms with van der Waals surface area (Å²) in [7, 11) is 1.93. The Kier molecular flexibility index (Phi) is 3.97. The average Bonchev–Trinajstić information content (AvgIpc) is 2.84. The van der Waals surface area contributed by atoms with Crippen molar-refractivity contribution >= 4 is 11.6 Å². The van der Waals surface area contributed by atoms with Gasteiger partial charge in [-0.2, -0.15) is 0 Å². The highest BCUT2D eigenvalue weighted by atomic mass is 16.1. The Balaban J connectivity index is 2.21. The van der Waals surface area contributed by atoms with Crippen molar-refractivity contribution < 1.29 is 4.79 Å². The second-order valence-electron chi connectivity index (χ2n) is 4.57. The molecule has 0 radical (unpaired) electrons. The Bertz CT molecular complexity index is 576. The first kappa shape index (κ1) is 13.3. The van der Waals surface area contributed by atoms with Crippen LogP contribution in [0.3, 0.4) is 0 Å². The first-order valence-electron chi connectivity index (χ1n) is 6.20. The molecule has 0 saturated heterocycles. The SMILES string of the molecule is CC(CN)C(=O)Nc1cccc(-c2nccn2C)c1. The predicted molar refractivity (Wildman–Crippen MR) is 75.5 cm³/mol. The van der Waals surface area contributed by atoms with Crippen molar-refractivity contribution in [3.05, 3.63) is 36.7 Å². The summed E-state index contributed by atoms with van der Waals surface area (Å²) in [6, 6.07) is 7.62. The van der Waals surface area contributed by atoms with E-state index in [-0.39, 0.29) is 11.8 Å². The molecule has 5 nitrogen and oxygen atoms in total. The van der Waals surface area contributed by atoms with Crippen LogP contribution in [-0.2, 0) is 11.8 Å². The van der Waals surface area contributed by atoms with Gasteiger partial charge >= 0.3 is 0 Å². The Morgan fingerprint density at radius 2 is 2.32 bits per heavy atom. The number of benzene rings is 1. The third kappa shape index (κ3) is 3.00. The molecule has 1 heterocycles. The van der Waals surface area contributed by atoms with Crippen LogP contribution in [0.25, 0.3) is 11.4 Å². The standard InChI is InChI=1S/C14H18N4O/c1-10(9-15)14(19)17-12-5-3-4-11(8-12)13-16-6-7-18(13)2/h3-8,10H,9,15H2,1-2H3,(H,17,19). The molecule has 0 bridgehead atoms. The smallest absolute Gasteiger partial charge is 0.228 e. The van der Waals surface area contributed by atoms with Crippen molar-refractivity contribution in [2.75, 3.05) is 11.9 Å². The number of aryl methyl sites for hydroxylation is 1. The largest absolute Gasteiger partial charge is 0.334 e. The molecule has 0 fully saturated rings. The third-order valence-corrected chi connectivity index (χ3v) is 3.01. The molecule has 0 aliphatic rings. The van der Waals surface area contributed by atoms with Crippen LogP contribution in [0.4, 0.5) is 5.69 Å². The van der Waals surface area contributed by atoms with Gasteiger partial charge in [0.25, 0.3) is 0 Å². The minimum absolute atomic E-state index is 0.0699. The van der Waals surface area contributed by atoms with Crippen LogP contribution >= 0.6 is 0 Å². The number of nitrogens with one attached hydrogen (secondary N) is 1. The van der Waals surface area contributed by atoms with Crippen molar-refractivity contribution in [1.82, 2.24) is 9.55 Å². The number of nitrogens with two attached hydrogens (primary N) is 1. The lowest BCUT2D eigenvalue weighted by atomic mass is 10.1. The molecule has 19 heavy (non-hydrogen) atoms. The maximum atomic E-state index is 11.8. The van der Waals surface area contributed by atoms with Crippen LogP contribution in [0.5, 0.6) is 0 Å². The van der Waals surface area contributed by atoms with Crippen molar-refractivity contribution in [2.45, 2.75) is 6.92 Å². The summed E-state index contributed by atoms with van der Waals surface area (Å²) in [4.78, 5) is 16.1. The molecule has 1 amide bonds. The van der Waals surface area contributed by atoms with Gasteiger partial charge in [-0.05, 0) is 12.1 Å². The lowest BCUT2D eigenvalue weighted by Gasteiger charge is -2.11. The maximum absolute atomic E-state index is 11.8. The van der Waals surface area contributed by atoms with E-state index in [1.807, 2.05) is 42.1 Å². The lowest BCUT2D eigenvalue weighted by molar-refractivity contribution is -0.119. The van der Waals surface area contributed by atoms with E-state index in [9.17, 15) is 4.79 Å².